The Labute approximate surface area is 159 Å². The number of nitrogens with zero attached hydrogens (tertiary/aromatic N) is 4. The summed E-state index contributed by atoms with van der Waals surface area (Å²) in [6, 6.07) is 9.66. The van der Waals surface area contributed by atoms with Gasteiger partial charge in [-0.25, -0.2) is 4.39 Å². The van der Waals surface area contributed by atoms with Gasteiger partial charge in [-0.1, -0.05) is 0 Å². The van der Waals surface area contributed by atoms with Gasteiger partial charge in [-0.3, -0.25) is 4.79 Å². The molecule has 142 valence electrons. The van der Waals surface area contributed by atoms with E-state index in [1.807, 2.05) is 24.4 Å². The van der Waals surface area contributed by atoms with Gasteiger partial charge in [-0.15, -0.1) is 5.10 Å². The third-order valence-corrected chi connectivity index (χ3v) is 4.45. The van der Waals surface area contributed by atoms with Gasteiger partial charge in [-0.2, -0.15) is 4.68 Å². The van der Waals surface area contributed by atoms with Crippen LogP contribution in [-0.2, 0) is 6.42 Å². The highest BCUT2D eigenvalue weighted by molar-refractivity contribution is 5.97. The lowest BCUT2D eigenvalue weighted by Gasteiger charge is -2.09. The molecule has 1 amide bonds. The van der Waals surface area contributed by atoms with E-state index in [0.29, 0.717) is 13.0 Å². The van der Waals surface area contributed by atoms with Crippen LogP contribution in [0, 0.1) is 5.82 Å². The van der Waals surface area contributed by atoms with Crippen molar-refractivity contribution >= 4 is 16.8 Å². The van der Waals surface area contributed by atoms with E-state index in [1.165, 1.54) is 29.2 Å². The molecule has 0 aliphatic rings. The molecule has 28 heavy (non-hydrogen) atoms. The molecule has 0 atom stereocenters. The van der Waals surface area contributed by atoms with E-state index in [9.17, 15) is 9.18 Å². The largest absolute Gasteiger partial charge is 0.497 e. The van der Waals surface area contributed by atoms with E-state index >= 15 is 0 Å². The van der Waals surface area contributed by atoms with Crippen molar-refractivity contribution in [1.82, 2.24) is 30.5 Å². The zero-order valence-corrected chi connectivity index (χ0v) is 15.0. The average molecular weight is 380 g/mol. The molecule has 2 aromatic carbocycles. The second kappa shape index (κ2) is 7.47. The second-order valence-electron chi connectivity index (χ2n) is 6.15. The van der Waals surface area contributed by atoms with E-state index in [4.69, 9.17) is 4.74 Å². The molecule has 0 saturated carbocycles. The summed E-state index contributed by atoms with van der Waals surface area (Å²) in [6.45, 7) is 0.412. The van der Waals surface area contributed by atoms with Crippen LogP contribution in [0.25, 0.3) is 16.6 Å². The van der Waals surface area contributed by atoms with E-state index in [0.717, 1.165) is 22.2 Å². The first-order chi connectivity index (χ1) is 13.7. The zero-order chi connectivity index (χ0) is 19.5. The van der Waals surface area contributed by atoms with Crippen LogP contribution in [-0.4, -0.2) is 44.8 Å². The molecule has 0 aliphatic carbocycles. The maximum absolute atomic E-state index is 13.6. The van der Waals surface area contributed by atoms with Gasteiger partial charge in [0.05, 0.1) is 18.4 Å². The Kier molecular flexibility index (Phi) is 4.71. The number of aromatic nitrogens is 5. The number of hydrogen-bond acceptors (Lipinski definition) is 5. The number of H-pyrrole nitrogens is 1. The fraction of sp³-hybridized carbons (Fsp3) is 0.158. The summed E-state index contributed by atoms with van der Waals surface area (Å²) in [5.74, 6) is -0.0347. The standard InChI is InChI=1S/C19H17FN6O2/c1-28-14-3-5-17-16(9-14)12(10-22-17)6-7-21-19(27)15-4-2-13(20)8-18(15)26-11-23-24-25-26/h2-5,8-11,22H,6-7H2,1H3,(H,21,27). The maximum atomic E-state index is 13.6. The number of halogens is 1. The number of ether oxygens (including phenoxy) is 1. The van der Waals surface area contributed by atoms with E-state index in [2.05, 4.69) is 25.8 Å². The van der Waals surface area contributed by atoms with Gasteiger partial charge in [-0.05, 0) is 52.7 Å². The Morgan fingerprint density at radius 3 is 2.96 bits per heavy atom. The summed E-state index contributed by atoms with van der Waals surface area (Å²) < 4.78 is 20.1. The van der Waals surface area contributed by atoms with Crippen LogP contribution in [0.4, 0.5) is 4.39 Å². The van der Waals surface area contributed by atoms with Gasteiger partial charge in [0.1, 0.15) is 17.9 Å². The summed E-state index contributed by atoms with van der Waals surface area (Å²) >= 11 is 0. The number of methoxy groups -OCH3 is 1. The number of fused-ring (bicyclic) bond motifs is 1. The Bertz CT molecular complexity index is 1120. The Morgan fingerprint density at radius 1 is 1.29 bits per heavy atom. The summed E-state index contributed by atoms with van der Waals surface area (Å²) in [6.07, 6.45) is 3.85. The molecule has 0 spiro atoms. The molecule has 0 saturated heterocycles. The number of carbonyl (C=O) groups is 1. The molecule has 2 heterocycles. The van der Waals surface area contributed by atoms with Crippen LogP contribution in [0.5, 0.6) is 5.75 Å². The monoisotopic (exact) mass is 380 g/mol. The predicted octanol–water partition coefficient (Wildman–Crippen LogP) is 2.26. The number of carbonyl (C=O) groups excluding carboxylic acids is 1. The third-order valence-electron chi connectivity index (χ3n) is 4.45. The molecule has 0 fully saturated rings. The topological polar surface area (TPSA) is 97.7 Å². The Balaban J connectivity index is 1.49. The summed E-state index contributed by atoms with van der Waals surface area (Å²) in [5.41, 5.74) is 2.63. The fourth-order valence-electron chi connectivity index (χ4n) is 3.06. The number of aromatic amines is 1. The molecule has 4 rings (SSSR count). The van der Waals surface area contributed by atoms with Crippen molar-refractivity contribution in [3.05, 3.63) is 65.9 Å². The lowest BCUT2D eigenvalue weighted by atomic mass is 10.1. The van der Waals surface area contributed by atoms with E-state index in [-0.39, 0.29) is 17.2 Å². The summed E-state index contributed by atoms with van der Waals surface area (Å²) in [7, 11) is 1.62. The van der Waals surface area contributed by atoms with Crippen molar-refractivity contribution < 1.29 is 13.9 Å². The first-order valence-electron chi connectivity index (χ1n) is 8.61. The van der Waals surface area contributed by atoms with Crippen LogP contribution in [0.1, 0.15) is 15.9 Å². The lowest BCUT2D eigenvalue weighted by molar-refractivity contribution is 0.0954. The highest BCUT2D eigenvalue weighted by atomic mass is 19.1. The van der Waals surface area contributed by atoms with Gasteiger partial charge in [0, 0.05) is 29.7 Å². The quantitative estimate of drug-likeness (QED) is 0.535. The van der Waals surface area contributed by atoms with Crippen molar-refractivity contribution in [3.63, 3.8) is 0 Å². The van der Waals surface area contributed by atoms with Crippen molar-refractivity contribution in [2.75, 3.05) is 13.7 Å². The van der Waals surface area contributed by atoms with E-state index in [1.54, 1.807) is 7.11 Å². The van der Waals surface area contributed by atoms with Crippen LogP contribution in [0.2, 0.25) is 0 Å². The van der Waals surface area contributed by atoms with Crippen molar-refractivity contribution in [2.24, 2.45) is 0 Å². The first-order valence-corrected chi connectivity index (χ1v) is 8.61. The molecular formula is C19H17FN6O2. The number of tetrazole rings is 1. The molecule has 8 nitrogen and oxygen atoms in total. The van der Waals surface area contributed by atoms with Crippen LogP contribution in [0.15, 0.2) is 48.9 Å². The molecule has 0 unspecified atom stereocenters. The summed E-state index contributed by atoms with van der Waals surface area (Å²) in [4.78, 5) is 15.8. The van der Waals surface area contributed by atoms with Crippen LogP contribution >= 0.6 is 0 Å². The average Bonchev–Trinajstić information content (AvgIpc) is 3.37. The van der Waals surface area contributed by atoms with Crippen molar-refractivity contribution in [3.8, 4) is 11.4 Å². The fourth-order valence-corrected chi connectivity index (χ4v) is 3.06. The molecule has 2 N–H and O–H groups in total. The SMILES string of the molecule is COc1ccc2[nH]cc(CCNC(=O)c3ccc(F)cc3-n3cnnn3)c2c1. The predicted molar refractivity (Wildman–Crippen MR) is 100.0 cm³/mol. The minimum Gasteiger partial charge on any atom is -0.497 e. The van der Waals surface area contributed by atoms with Gasteiger partial charge >= 0.3 is 0 Å². The van der Waals surface area contributed by atoms with Crippen molar-refractivity contribution in [1.29, 1.82) is 0 Å². The van der Waals surface area contributed by atoms with Gasteiger partial charge in [0.2, 0.25) is 0 Å². The highest BCUT2D eigenvalue weighted by Crippen LogP contribution is 2.24. The highest BCUT2D eigenvalue weighted by Gasteiger charge is 2.15. The normalized spacial score (nSPS) is 10.9. The number of nitrogens with one attached hydrogen (secondary N) is 2. The summed E-state index contributed by atoms with van der Waals surface area (Å²) in [5, 5.41) is 14.7. The zero-order valence-electron chi connectivity index (χ0n) is 15.0. The molecule has 2 aromatic heterocycles. The number of rotatable bonds is 6. The first kappa shape index (κ1) is 17.7. The number of hydrogen-bond donors (Lipinski definition) is 2. The molecule has 0 radical (unpaired) electrons. The van der Waals surface area contributed by atoms with Crippen molar-refractivity contribution in [2.45, 2.75) is 6.42 Å². The Hall–Kier alpha value is -3.75. The molecular weight excluding hydrogens is 363 g/mol. The maximum Gasteiger partial charge on any atom is 0.253 e. The lowest BCUT2D eigenvalue weighted by Crippen LogP contribution is -2.27. The third kappa shape index (κ3) is 3.41. The van der Waals surface area contributed by atoms with Crippen LogP contribution < -0.4 is 10.1 Å². The van der Waals surface area contributed by atoms with Gasteiger partial charge < -0.3 is 15.0 Å². The number of benzene rings is 2. The van der Waals surface area contributed by atoms with E-state index < -0.39 is 5.82 Å². The minimum atomic E-state index is -0.477. The molecule has 9 heteroatoms. The second-order valence-corrected chi connectivity index (χ2v) is 6.15. The minimum absolute atomic E-state index is 0.277. The van der Waals surface area contributed by atoms with Gasteiger partial charge in [0.15, 0.2) is 0 Å². The molecule has 0 bridgehead atoms. The number of amides is 1. The van der Waals surface area contributed by atoms with Crippen LogP contribution in [0.3, 0.4) is 0 Å². The smallest absolute Gasteiger partial charge is 0.253 e. The Morgan fingerprint density at radius 2 is 2.18 bits per heavy atom. The van der Waals surface area contributed by atoms with Gasteiger partial charge in [0.25, 0.3) is 5.91 Å². The molecule has 4 aromatic rings. The molecule has 0 aliphatic heterocycles.